The molecule has 0 unspecified atom stereocenters. The standard InChI is InChI=1S/C23H26N2O4S/c1-12-8-13(2)20(14(3)9-12)24-15(4)10-18(16(24)5)11-19-21(26)25(23(28)30-19)17(6)22(27)29-7/h8-11,17H,1-7H3/b19-11+/t17-/m1/s1. The second-order valence-corrected chi connectivity index (χ2v) is 8.65. The number of carbonyl (C=O) groups excluding carboxylic acids is 3. The van der Waals surface area contributed by atoms with Crippen LogP contribution in [0.4, 0.5) is 4.79 Å². The van der Waals surface area contributed by atoms with Crippen molar-refractivity contribution in [2.45, 2.75) is 47.6 Å². The number of thioether (sulfide) groups is 1. The number of benzene rings is 1. The average Bonchev–Trinajstić information content (AvgIpc) is 3.09. The molecule has 1 aliphatic rings. The summed E-state index contributed by atoms with van der Waals surface area (Å²) in [4.78, 5) is 38.2. The summed E-state index contributed by atoms with van der Waals surface area (Å²) in [7, 11) is 1.23. The third kappa shape index (κ3) is 3.69. The molecule has 6 nitrogen and oxygen atoms in total. The molecule has 2 amide bonds. The zero-order valence-electron chi connectivity index (χ0n) is 18.3. The second kappa shape index (κ2) is 8.14. The minimum atomic E-state index is -0.960. The molecule has 2 aromatic rings. The van der Waals surface area contributed by atoms with E-state index < -0.39 is 23.2 Å². The van der Waals surface area contributed by atoms with E-state index in [2.05, 4.69) is 42.2 Å². The minimum absolute atomic E-state index is 0.299. The number of imide groups is 1. The molecule has 0 aliphatic carbocycles. The summed E-state index contributed by atoms with van der Waals surface area (Å²) in [5, 5.41) is -0.469. The summed E-state index contributed by atoms with van der Waals surface area (Å²) in [5.74, 6) is -1.10. The van der Waals surface area contributed by atoms with Gasteiger partial charge >= 0.3 is 5.97 Å². The Morgan fingerprint density at radius 1 is 1.07 bits per heavy atom. The van der Waals surface area contributed by atoms with Gasteiger partial charge in [-0.05, 0) is 82.1 Å². The van der Waals surface area contributed by atoms with E-state index in [0.717, 1.165) is 39.3 Å². The number of hydrogen-bond acceptors (Lipinski definition) is 5. The predicted octanol–water partition coefficient (Wildman–Crippen LogP) is 4.62. The number of aromatic nitrogens is 1. The van der Waals surface area contributed by atoms with Crippen LogP contribution < -0.4 is 0 Å². The number of hydrogen-bond donors (Lipinski definition) is 0. The van der Waals surface area contributed by atoms with Crippen molar-refractivity contribution in [2.75, 3.05) is 7.11 Å². The molecule has 0 radical (unpaired) electrons. The van der Waals surface area contributed by atoms with Crippen LogP contribution in [0.3, 0.4) is 0 Å². The van der Waals surface area contributed by atoms with Gasteiger partial charge in [-0.15, -0.1) is 0 Å². The highest BCUT2D eigenvalue weighted by Crippen LogP contribution is 2.35. The van der Waals surface area contributed by atoms with Gasteiger partial charge in [0, 0.05) is 11.4 Å². The van der Waals surface area contributed by atoms with Crippen LogP contribution in [-0.4, -0.2) is 39.7 Å². The topological polar surface area (TPSA) is 68.6 Å². The number of amides is 2. The summed E-state index contributed by atoms with van der Waals surface area (Å²) >= 11 is 0.842. The molecular weight excluding hydrogens is 400 g/mol. The molecule has 0 spiro atoms. The molecule has 30 heavy (non-hydrogen) atoms. The van der Waals surface area contributed by atoms with Crippen molar-refractivity contribution in [3.63, 3.8) is 0 Å². The molecule has 0 N–H and O–H groups in total. The predicted molar refractivity (Wildman–Crippen MR) is 119 cm³/mol. The van der Waals surface area contributed by atoms with Gasteiger partial charge in [0.2, 0.25) is 0 Å². The van der Waals surface area contributed by atoms with Gasteiger partial charge < -0.3 is 9.30 Å². The van der Waals surface area contributed by atoms with E-state index >= 15 is 0 Å². The van der Waals surface area contributed by atoms with Gasteiger partial charge in [-0.25, -0.2) is 4.79 Å². The van der Waals surface area contributed by atoms with Gasteiger partial charge in [-0.3, -0.25) is 14.5 Å². The maximum Gasteiger partial charge on any atom is 0.328 e. The fraction of sp³-hybridized carbons (Fsp3) is 0.348. The maximum atomic E-state index is 12.8. The van der Waals surface area contributed by atoms with Crippen molar-refractivity contribution in [3.8, 4) is 5.69 Å². The van der Waals surface area contributed by atoms with Crippen LogP contribution in [0.15, 0.2) is 23.1 Å². The summed E-state index contributed by atoms with van der Waals surface area (Å²) in [5.41, 5.74) is 7.57. The lowest BCUT2D eigenvalue weighted by molar-refractivity contribution is -0.148. The molecule has 1 aliphatic heterocycles. The van der Waals surface area contributed by atoms with E-state index in [4.69, 9.17) is 0 Å². The van der Waals surface area contributed by atoms with Gasteiger partial charge in [0.05, 0.1) is 17.7 Å². The zero-order chi connectivity index (χ0) is 22.3. The van der Waals surface area contributed by atoms with Gasteiger partial charge in [-0.2, -0.15) is 0 Å². The first-order valence-electron chi connectivity index (χ1n) is 9.68. The molecule has 1 fully saturated rings. The smallest absolute Gasteiger partial charge is 0.328 e. The van der Waals surface area contributed by atoms with Crippen molar-refractivity contribution < 1.29 is 19.1 Å². The van der Waals surface area contributed by atoms with Gasteiger partial charge in [0.15, 0.2) is 0 Å². The molecule has 158 valence electrons. The quantitative estimate of drug-likeness (QED) is 0.527. The number of ether oxygens (including phenoxy) is 1. The lowest BCUT2D eigenvalue weighted by Gasteiger charge is -2.18. The largest absolute Gasteiger partial charge is 0.467 e. The first kappa shape index (κ1) is 21.9. The molecule has 7 heteroatoms. The molecule has 1 atom stereocenters. The molecule has 0 bridgehead atoms. The van der Waals surface area contributed by atoms with E-state index in [-0.39, 0.29) is 0 Å². The number of rotatable bonds is 4. The molecule has 3 rings (SSSR count). The summed E-state index contributed by atoms with van der Waals surface area (Å²) < 4.78 is 6.85. The molecule has 2 heterocycles. The van der Waals surface area contributed by atoms with Crippen LogP contribution in [0.2, 0.25) is 0 Å². The number of esters is 1. The molecule has 1 aromatic heterocycles. The molecule has 1 saturated heterocycles. The van der Waals surface area contributed by atoms with Gasteiger partial charge in [0.25, 0.3) is 11.1 Å². The Labute approximate surface area is 180 Å². The lowest BCUT2D eigenvalue weighted by atomic mass is 10.0. The van der Waals surface area contributed by atoms with Crippen LogP contribution in [0.5, 0.6) is 0 Å². The van der Waals surface area contributed by atoms with E-state index in [1.54, 1.807) is 6.08 Å². The Morgan fingerprint density at radius 2 is 1.67 bits per heavy atom. The van der Waals surface area contributed by atoms with E-state index in [0.29, 0.717) is 4.91 Å². The maximum absolute atomic E-state index is 12.8. The Bertz CT molecular complexity index is 1070. The Balaban J connectivity index is 2.03. The van der Waals surface area contributed by atoms with Crippen molar-refractivity contribution in [3.05, 3.63) is 56.7 Å². The zero-order valence-corrected chi connectivity index (χ0v) is 19.1. The fourth-order valence-corrected chi connectivity index (χ4v) is 4.93. The minimum Gasteiger partial charge on any atom is -0.467 e. The van der Waals surface area contributed by atoms with Crippen LogP contribution in [0.25, 0.3) is 11.8 Å². The third-order valence-electron chi connectivity index (χ3n) is 5.37. The van der Waals surface area contributed by atoms with E-state index in [1.165, 1.54) is 30.7 Å². The third-order valence-corrected chi connectivity index (χ3v) is 6.25. The van der Waals surface area contributed by atoms with Crippen LogP contribution in [0, 0.1) is 34.6 Å². The molecule has 1 aromatic carbocycles. The summed E-state index contributed by atoms with van der Waals surface area (Å²) in [6.07, 6.45) is 1.73. The fourth-order valence-electron chi connectivity index (χ4n) is 4.03. The number of aryl methyl sites for hydroxylation is 4. The van der Waals surface area contributed by atoms with Crippen molar-refractivity contribution in [1.82, 2.24) is 9.47 Å². The van der Waals surface area contributed by atoms with Crippen molar-refractivity contribution in [1.29, 1.82) is 0 Å². The van der Waals surface area contributed by atoms with E-state index in [1.807, 2.05) is 19.9 Å². The number of carbonyl (C=O) groups is 3. The summed E-state index contributed by atoms with van der Waals surface area (Å²) in [6.45, 7) is 11.8. The van der Waals surface area contributed by atoms with Crippen LogP contribution in [0.1, 0.15) is 40.6 Å². The second-order valence-electron chi connectivity index (χ2n) is 7.66. The monoisotopic (exact) mass is 426 g/mol. The van der Waals surface area contributed by atoms with Gasteiger partial charge in [-0.1, -0.05) is 17.7 Å². The van der Waals surface area contributed by atoms with Crippen LogP contribution in [-0.2, 0) is 14.3 Å². The highest BCUT2D eigenvalue weighted by Gasteiger charge is 2.41. The lowest BCUT2D eigenvalue weighted by Crippen LogP contribution is -2.42. The highest BCUT2D eigenvalue weighted by atomic mass is 32.2. The number of nitrogens with zero attached hydrogens (tertiary/aromatic N) is 2. The SMILES string of the molecule is COC(=O)[C@@H](C)N1C(=O)S/C(=C/c2cc(C)n(-c3c(C)cc(C)cc3C)c2C)C1=O. The Hall–Kier alpha value is -2.80. The highest BCUT2D eigenvalue weighted by molar-refractivity contribution is 8.18. The first-order valence-corrected chi connectivity index (χ1v) is 10.5. The normalized spacial score (nSPS) is 16.5. The average molecular weight is 427 g/mol. The van der Waals surface area contributed by atoms with Crippen LogP contribution >= 0.6 is 11.8 Å². The van der Waals surface area contributed by atoms with Crippen molar-refractivity contribution in [2.24, 2.45) is 0 Å². The van der Waals surface area contributed by atoms with Gasteiger partial charge in [0.1, 0.15) is 6.04 Å². The summed E-state index contributed by atoms with van der Waals surface area (Å²) in [6, 6.07) is 5.35. The Morgan fingerprint density at radius 3 is 2.23 bits per heavy atom. The van der Waals surface area contributed by atoms with E-state index in [9.17, 15) is 14.4 Å². The first-order chi connectivity index (χ1) is 14.1. The number of methoxy groups -OCH3 is 1. The van der Waals surface area contributed by atoms with Crippen molar-refractivity contribution >= 4 is 35.0 Å². The molecular formula is C23H26N2O4S. The molecule has 0 saturated carbocycles. The Kier molecular flexibility index (Phi) is 5.94.